The molecule has 106 valence electrons. The van der Waals surface area contributed by atoms with Crippen LogP contribution < -0.4 is 5.63 Å². The molecule has 0 aliphatic carbocycles. The molecule has 0 amide bonds. The molecule has 1 aromatic carbocycles. The van der Waals surface area contributed by atoms with Crippen LogP contribution in [0.3, 0.4) is 0 Å². The Morgan fingerprint density at radius 2 is 2.00 bits per heavy atom. The largest absolute Gasteiger partial charge is 0.406 e. The van der Waals surface area contributed by atoms with E-state index in [0.717, 1.165) is 25.0 Å². The molecular formula is C16H20N2O2. The van der Waals surface area contributed by atoms with E-state index in [1.165, 1.54) is 19.3 Å². The van der Waals surface area contributed by atoms with E-state index in [0.29, 0.717) is 11.3 Å². The van der Waals surface area contributed by atoms with Gasteiger partial charge in [-0.25, -0.2) is 9.78 Å². The van der Waals surface area contributed by atoms with Crippen molar-refractivity contribution in [1.82, 2.24) is 9.88 Å². The van der Waals surface area contributed by atoms with Gasteiger partial charge in [0.25, 0.3) is 0 Å². The molecular weight excluding hydrogens is 252 g/mol. The molecule has 3 rings (SSSR count). The summed E-state index contributed by atoms with van der Waals surface area (Å²) in [4.78, 5) is 19.0. The van der Waals surface area contributed by atoms with E-state index in [2.05, 4.69) is 16.8 Å². The number of para-hydroxylation sites is 1. The standard InChI is InChI=1S/C16H20N2O2/c1-2-14(18-10-6-3-7-11-18)15-17-13-9-5-4-8-12(13)16(19)20-15/h4-5,8-9,14H,2-3,6-7,10-11H2,1H3. The van der Waals surface area contributed by atoms with Crippen molar-refractivity contribution in [1.29, 1.82) is 0 Å². The lowest BCUT2D eigenvalue weighted by atomic mass is 10.1. The predicted molar refractivity (Wildman–Crippen MR) is 78.7 cm³/mol. The van der Waals surface area contributed by atoms with Crippen molar-refractivity contribution in [3.63, 3.8) is 0 Å². The van der Waals surface area contributed by atoms with Crippen LogP contribution >= 0.6 is 0 Å². The fourth-order valence-corrected chi connectivity index (χ4v) is 3.00. The van der Waals surface area contributed by atoms with E-state index in [4.69, 9.17) is 4.42 Å². The molecule has 2 aromatic rings. The lowest BCUT2D eigenvalue weighted by Crippen LogP contribution is -2.34. The van der Waals surface area contributed by atoms with Crippen molar-refractivity contribution >= 4 is 10.9 Å². The lowest BCUT2D eigenvalue weighted by Gasteiger charge is -2.32. The third kappa shape index (κ3) is 2.48. The smallest absolute Gasteiger partial charge is 0.346 e. The first-order valence-corrected chi connectivity index (χ1v) is 7.43. The van der Waals surface area contributed by atoms with E-state index in [1.807, 2.05) is 18.2 Å². The number of benzene rings is 1. The van der Waals surface area contributed by atoms with Crippen LogP contribution in [0.4, 0.5) is 0 Å². The second-order valence-corrected chi connectivity index (χ2v) is 5.38. The van der Waals surface area contributed by atoms with Gasteiger partial charge in [-0.2, -0.15) is 0 Å². The molecule has 1 aliphatic rings. The van der Waals surface area contributed by atoms with E-state index >= 15 is 0 Å². The fraction of sp³-hybridized carbons (Fsp3) is 0.500. The van der Waals surface area contributed by atoms with Crippen molar-refractivity contribution in [3.8, 4) is 0 Å². The van der Waals surface area contributed by atoms with Gasteiger partial charge in [0, 0.05) is 0 Å². The molecule has 4 heteroatoms. The Kier molecular flexibility index (Phi) is 3.83. The summed E-state index contributed by atoms with van der Waals surface area (Å²) in [7, 11) is 0. The molecule has 20 heavy (non-hydrogen) atoms. The quantitative estimate of drug-likeness (QED) is 0.861. The van der Waals surface area contributed by atoms with Crippen molar-refractivity contribution < 1.29 is 4.42 Å². The number of likely N-dealkylation sites (tertiary alicyclic amines) is 1. The molecule has 1 fully saturated rings. The van der Waals surface area contributed by atoms with E-state index in [-0.39, 0.29) is 11.7 Å². The van der Waals surface area contributed by atoms with E-state index < -0.39 is 0 Å². The number of fused-ring (bicyclic) bond motifs is 1. The highest BCUT2D eigenvalue weighted by molar-refractivity contribution is 5.76. The molecule has 0 spiro atoms. The minimum Gasteiger partial charge on any atom is -0.406 e. The van der Waals surface area contributed by atoms with Crippen LogP contribution in [-0.4, -0.2) is 23.0 Å². The Morgan fingerprint density at radius 1 is 1.25 bits per heavy atom. The minimum atomic E-state index is -0.277. The Bertz CT molecular complexity index is 644. The second-order valence-electron chi connectivity index (χ2n) is 5.38. The van der Waals surface area contributed by atoms with E-state index in [9.17, 15) is 4.79 Å². The average Bonchev–Trinajstić information content (AvgIpc) is 2.49. The van der Waals surface area contributed by atoms with Crippen molar-refractivity contribution in [2.45, 2.75) is 38.6 Å². The normalized spacial score (nSPS) is 18.2. The van der Waals surface area contributed by atoms with Gasteiger partial charge in [-0.15, -0.1) is 0 Å². The molecule has 1 saturated heterocycles. The predicted octanol–water partition coefficient (Wildman–Crippen LogP) is 3.13. The van der Waals surface area contributed by atoms with Gasteiger partial charge in [-0.1, -0.05) is 25.5 Å². The number of hydrogen-bond donors (Lipinski definition) is 0. The first kappa shape index (κ1) is 13.3. The average molecular weight is 272 g/mol. The highest BCUT2D eigenvalue weighted by Crippen LogP contribution is 2.26. The van der Waals surface area contributed by atoms with Crippen molar-refractivity contribution in [2.24, 2.45) is 0 Å². The summed E-state index contributed by atoms with van der Waals surface area (Å²) in [5.74, 6) is 0.568. The maximum atomic E-state index is 12.1. The molecule has 2 heterocycles. The molecule has 1 aromatic heterocycles. The first-order valence-electron chi connectivity index (χ1n) is 7.43. The highest BCUT2D eigenvalue weighted by atomic mass is 16.4. The number of aromatic nitrogens is 1. The monoisotopic (exact) mass is 272 g/mol. The van der Waals surface area contributed by atoms with E-state index in [1.54, 1.807) is 6.07 Å². The topological polar surface area (TPSA) is 46.3 Å². The maximum Gasteiger partial charge on any atom is 0.346 e. The summed E-state index contributed by atoms with van der Waals surface area (Å²) in [6.45, 7) is 4.25. The second kappa shape index (κ2) is 5.75. The van der Waals surface area contributed by atoms with Gasteiger partial charge in [0.15, 0.2) is 0 Å². The van der Waals surface area contributed by atoms with Gasteiger partial charge in [0.2, 0.25) is 5.89 Å². The van der Waals surface area contributed by atoms with Crippen molar-refractivity contribution in [2.75, 3.05) is 13.1 Å². The molecule has 0 radical (unpaired) electrons. The van der Waals surface area contributed by atoms with Gasteiger partial charge < -0.3 is 4.42 Å². The fourth-order valence-electron chi connectivity index (χ4n) is 3.00. The molecule has 1 unspecified atom stereocenters. The van der Waals surface area contributed by atoms with Crippen LogP contribution in [0.25, 0.3) is 10.9 Å². The lowest BCUT2D eigenvalue weighted by molar-refractivity contribution is 0.133. The van der Waals surface area contributed by atoms with Crippen LogP contribution in [0, 0.1) is 0 Å². The zero-order valence-electron chi connectivity index (χ0n) is 11.8. The molecule has 1 aliphatic heterocycles. The van der Waals surface area contributed by atoms with Gasteiger partial charge in [-0.3, -0.25) is 4.90 Å². The SMILES string of the molecule is CCC(c1nc2ccccc2c(=O)o1)N1CCCCC1. The summed E-state index contributed by atoms with van der Waals surface area (Å²) in [6, 6.07) is 7.49. The van der Waals surface area contributed by atoms with Gasteiger partial charge in [0.05, 0.1) is 16.9 Å². The summed E-state index contributed by atoms with van der Waals surface area (Å²) in [5, 5.41) is 0.560. The van der Waals surface area contributed by atoms with Crippen LogP contribution in [0.2, 0.25) is 0 Å². The maximum absolute atomic E-state index is 12.1. The van der Waals surface area contributed by atoms with Crippen LogP contribution in [0.15, 0.2) is 33.5 Å². The summed E-state index contributed by atoms with van der Waals surface area (Å²) >= 11 is 0. The zero-order valence-corrected chi connectivity index (χ0v) is 11.8. The van der Waals surface area contributed by atoms with Crippen molar-refractivity contribution in [3.05, 3.63) is 40.6 Å². The Labute approximate surface area is 118 Å². The Balaban J connectivity index is 2.01. The third-order valence-corrected chi connectivity index (χ3v) is 4.06. The van der Waals surface area contributed by atoms with Gasteiger partial charge in [0.1, 0.15) is 0 Å². The van der Waals surface area contributed by atoms with Gasteiger partial charge >= 0.3 is 5.63 Å². The van der Waals surface area contributed by atoms with Crippen LogP contribution in [0.1, 0.15) is 44.5 Å². The molecule has 0 bridgehead atoms. The Morgan fingerprint density at radius 3 is 2.75 bits per heavy atom. The van der Waals surface area contributed by atoms with Gasteiger partial charge in [-0.05, 0) is 44.5 Å². The molecule has 0 saturated carbocycles. The summed E-state index contributed by atoms with van der Waals surface area (Å²) in [6.07, 6.45) is 4.64. The molecule has 4 nitrogen and oxygen atoms in total. The van der Waals surface area contributed by atoms with Crippen LogP contribution in [0.5, 0.6) is 0 Å². The number of hydrogen-bond acceptors (Lipinski definition) is 4. The van der Waals surface area contributed by atoms with Crippen LogP contribution in [-0.2, 0) is 0 Å². The Hall–Kier alpha value is -1.68. The summed E-state index contributed by atoms with van der Waals surface area (Å²) < 4.78 is 5.49. The number of piperidine rings is 1. The minimum absolute atomic E-state index is 0.118. The first-order chi connectivity index (χ1) is 9.79. The molecule has 1 atom stereocenters. The molecule has 0 N–H and O–H groups in total. The number of nitrogens with zero attached hydrogens (tertiary/aromatic N) is 2. The zero-order chi connectivity index (χ0) is 13.9. The number of rotatable bonds is 3. The summed E-state index contributed by atoms with van der Waals surface area (Å²) in [5.41, 5.74) is 0.454. The third-order valence-electron chi connectivity index (χ3n) is 4.06. The highest BCUT2D eigenvalue weighted by Gasteiger charge is 2.24.